The molecule has 0 spiro atoms. The summed E-state index contributed by atoms with van der Waals surface area (Å²) in [5, 5.41) is 8.93. The molecule has 1 N–H and O–H groups in total. The zero-order chi connectivity index (χ0) is 20.6. The molecule has 0 unspecified atom stereocenters. The second-order valence-electron chi connectivity index (χ2n) is 6.93. The molecule has 0 aliphatic heterocycles. The van der Waals surface area contributed by atoms with Gasteiger partial charge in [-0.2, -0.15) is 5.26 Å². The molecule has 0 radical (unpaired) electrons. The van der Waals surface area contributed by atoms with Crippen LogP contribution in [0.5, 0.6) is 0 Å². The van der Waals surface area contributed by atoms with Gasteiger partial charge in [-0.3, -0.25) is 0 Å². The van der Waals surface area contributed by atoms with Crippen LogP contribution in [0.15, 0.2) is 65.8 Å². The Labute approximate surface area is 168 Å². The molecule has 0 saturated carbocycles. The fourth-order valence-electron chi connectivity index (χ4n) is 3.14. The largest absolute Gasteiger partial charge is 0.344 e. The fraction of sp³-hybridized carbons (Fsp3) is 0.136. The van der Waals surface area contributed by atoms with E-state index in [1.807, 2.05) is 18.2 Å². The van der Waals surface area contributed by atoms with E-state index in [0.29, 0.717) is 22.4 Å². The standard InChI is InChI=1S/C22H18N4O2S/c1-14(2)29(27,28)17-9-7-15(8-10-17)20-13-25-22-21(26-20)19(12-24-22)18-6-4-3-5-16(18)11-23/h3-10,12-14H,1-2H3,(H,24,25). The Kier molecular flexibility index (Phi) is 4.65. The van der Waals surface area contributed by atoms with Gasteiger partial charge in [-0.05, 0) is 32.0 Å². The first-order chi connectivity index (χ1) is 13.9. The van der Waals surface area contributed by atoms with Crippen molar-refractivity contribution in [1.82, 2.24) is 15.0 Å². The van der Waals surface area contributed by atoms with Gasteiger partial charge in [0.2, 0.25) is 0 Å². The highest BCUT2D eigenvalue weighted by Gasteiger charge is 2.19. The van der Waals surface area contributed by atoms with Crippen LogP contribution in [0.25, 0.3) is 33.5 Å². The molecule has 0 aliphatic carbocycles. The Morgan fingerprint density at radius 2 is 1.76 bits per heavy atom. The summed E-state index contributed by atoms with van der Waals surface area (Å²) >= 11 is 0. The monoisotopic (exact) mass is 402 g/mol. The van der Waals surface area contributed by atoms with Crippen LogP contribution in [-0.4, -0.2) is 28.6 Å². The van der Waals surface area contributed by atoms with Crippen LogP contribution in [0.2, 0.25) is 0 Å². The number of aromatic amines is 1. The van der Waals surface area contributed by atoms with Crippen LogP contribution < -0.4 is 0 Å². The molecular formula is C22H18N4O2S. The number of hydrogen-bond acceptors (Lipinski definition) is 5. The van der Waals surface area contributed by atoms with Crippen molar-refractivity contribution in [2.24, 2.45) is 0 Å². The second kappa shape index (κ2) is 7.15. The summed E-state index contributed by atoms with van der Waals surface area (Å²) in [6.07, 6.45) is 3.44. The SMILES string of the molecule is CC(C)S(=O)(=O)c1ccc(-c2cnc3[nH]cc(-c4ccccc4C#N)c3n2)cc1. The van der Waals surface area contributed by atoms with E-state index in [0.717, 1.165) is 16.7 Å². The molecule has 6 nitrogen and oxygen atoms in total. The van der Waals surface area contributed by atoms with Crippen LogP contribution in [0.1, 0.15) is 19.4 Å². The summed E-state index contributed by atoms with van der Waals surface area (Å²) < 4.78 is 24.6. The van der Waals surface area contributed by atoms with Gasteiger partial charge in [-0.15, -0.1) is 0 Å². The minimum Gasteiger partial charge on any atom is -0.344 e. The lowest BCUT2D eigenvalue weighted by Crippen LogP contribution is -2.13. The van der Waals surface area contributed by atoms with Crippen LogP contribution in [0.4, 0.5) is 0 Å². The van der Waals surface area contributed by atoms with Crippen LogP contribution >= 0.6 is 0 Å². The van der Waals surface area contributed by atoms with E-state index < -0.39 is 15.1 Å². The third-order valence-electron chi connectivity index (χ3n) is 4.82. The molecule has 0 bridgehead atoms. The fourth-order valence-corrected chi connectivity index (χ4v) is 4.20. The summed E-state index contributed by atoms with van der Waals surface area (Å²) in [4.78, 5) is 12.6. The summed E-state index contributed by atoms with van der Waals surface area (Å²) in [6, 6.07) is 16.2. The Balaban J connectivity index is 1.80. The number of rotatable bonds is 4. The maximum Gasteiger partial charge on any atom is 0.180 e. The van der Waals surface area contributed by atoms with Gasteiger partial charge in [0.05, 0.1) is 33.7 Å². The van der Waals surface area contributed by atoms with Gasteiger partial charge in [-0.1, -0.05) is 30.3 Å². The highest BCUT2D eigenvalue weighted by Crippen LogP contribution is 2.30. The molecule has 0 fully saturated rings. The molecule has 0 saturated heterocycles. The van der Waals surface area contributed by atoms with E-state index in [2.05, 4.69) is 16.0 Å². The molecule has 2 aromatic heterocycles. The highest BCUT2D eigenvalue weighted by molar-refractivity contribution is 7.92. The number of nitrogens with one attached hydrogen (secondary N) is 1. The Bertz CT molecular complexity index is 1350. The van der Waals surface area contributed by atoms with E-state index in [4.69, 9.17) is 4.98 Å². The van der Waals surface area contributed by atoms with E-state index in [9.17, 15) is 13.7 Å². The lowest BCUT2D eigenvalue weighted by Gasteiger charge is -2.08. The predicted octanol–water partition coefficient (Wildman–Crippen LogP) is 4.35. The number of sulfone groups is 1. The lowest BCUT2D eigenvalue weighted by molar-refractivity contribution is 0.587. The molecule has 0 aliphatic rings. The molecule has 144 valence electrons. The van der Waals surface area contributed by atoms with Crippen molar-refractivity contribution in [3.63, 3.8) is 0 Å². The summed E-state index contributed by atoms with van der Waals surface area (Å²) in [6.45, 7) is 3.32. The third-order valence-corrected chi connectivity index (χ3v) is 6.99. The average molecular weight is 402 g/mol. The Morgan fingerprint density at radius 1 is 1.03 bits per heavy atom. The number of fused-ring (bicyclic) bond motifs is 1. The first kappa shape index (κ1) is 18.8. The Morgan fingerprint density at radius 3 is 2.45 bits per heavy atom. The third kappa shape index (κ3) is 3.28. The van der Waals surface area contributed by atoms with Crippen molar-refractivity contribution in [1.29, 1.82) is 5.26 Å². The van der Waals surface area contributed by atoms with Crippen LogP contribution in [0.3, 0.4) is 0 Å². The smallest absolute Gasteiger partial charge is 0.180 e. The molecule has 0 atom stereocenters. The molecular weight excluding hydrogens is 384 g/mol. The van der Waals surface area contributed by atoms with Crippen molar-refractivity contribution in [3.05, 3.63) is 66.5 Å². The molecule has 7 heteroatoms. The van der Waals surface area contributed by atoms with Gasteiger partial charge in [0.15, 0.2) is 15.5 Å². The number of aromatic nitrogens is 3. The van der Waals surface area contributed by atoms with E-state index >= 15 is 0 Å². The molecule has 29 heavy (non-hydrogen) atoms. The lowest BCUT2D eigenvalue weighted by atomic mass is 10.0. The number of hydrogen-bond donors (Lipinski definition) is 1. The molecule has 0 amide bonds. The zero-order valence-corrected chi connectivity index (χ0v) is 16.7. The number of H-pyrrole nitrogens is 1. The van der Waals surface area contributed by atoms with Gasteiger partial charge < -0.3 is 4.98 Å². The number of benzene rings is 2. The first-order valence-corrected chi connectivity index (χ1v) is 10.6. The highest BCUT2D eigenvalue weighted by atomic mass is 32.2. The first-order valence-electron chi connectivity index (χ1n) is 9.10. The molecule has 4 rings (SSSR count). The van der Waals surface area contributed by atoms with Crippen molar-refractivity contribution in [3.8, 4) is 28.5 Å². The summed E-state index contributed by atoms with van der Waals surface area (Å²) in [7, 11) is -3.32. The maximum atomic E-state index is 12.3. The minimum absolute atomic E-state index is 0.288. The van der Waals surface area contributed by atoms with Gasteiger partial charge in [0.1, 0.15) is 5.52 Å². The van der Waals surface area contributed by atoms with Crippen molar-refractivity contribution < 1.29 is 8.42 Å². The van der Waals surface area contributed by atoms with Gasteiger partial charge in [-0.25, -0.2) is 18.4 Å². The minimum atomic E-state index is -3.32. The zero-order valence-electron chi connectivity index (χ0n) is 15.9. The van der Waals surface area contributed by atoms with E-state index in [1.165, 1.54) is 0 Å². The molecule has 2 aromatic carbocycles. The summed E-state index contributed by atoms with van der Waals surface area (Å²) in [5.74, 6) is 0. The van der Waals surface area contributed by atoms with E-state index in [1.54, 1.807) is 56.6 Å². The Hall–Kier alpha value is -3.50. The quantitative estimate of drug-likeness (QED) is 0.547. The number of nitriles is 1. The van der Waals surface area contributed by atoms with Crippen molar-refractivity contribution in [2.45, 2.75) is 24.0 Å². The van der Waals surface area contributed by atoms with E-state index in [-0.39, 0.29) is 4.90 Å². The van der Waals surface area contributed by atoms with Gasteiger partial charge in [0.25, 0.3) is 0 Å². The normalized spacial score (nSPS) is 11.7. The topological polar surface area (TPSA) is 99.5 Å². The van der Waals surface area contributed by atoms with Crippen LogP contribution in [0, 0.1) is 11.3 Å². The molecule has 4 aromatic rings. The average Bonchev–Trinajstić information content (AvgIpc) is 3.16. The van der Waals surface area contributed by atoms with Gasteiger partial charge >= 0.3 is 0 Å². The van der Waals surface area contributed by atoms with Crippen molar-refractivity contribution in [2.75, 3.05) is 0 Å². The maximum absolute atomic E-state index is 12.3. The second-order valence-corrected chi connectivity index (χ2v) is 9.43. The summed E-state index contributed by atoms with van der Waals surface area (Å²) in [5.41, 5.74) is 4.81. The predicted molar refractivity (Wildman–Crippen MR) is 112 cm³/mol. The molecule has 2 heterocycles. The van der Waals surface area contributed by atoms with Crippen molar-refractivity contribution >= 4 is 21.0 Å². The van der Waals surface area contributed by atoms with Gasteiger partial charge in [0, 0.05) is 22.9 Å². The number of nitrogens with zero attached hydrogens (tertiary/aromatic N) is 3. The van der Waals surface area contributed by atoms with Crippen LogP contribution in [-0.2, 0) is 9.84 Å².